The molecular formula is C13H22N2O. The Labute approximate surface area is 97.5 Å². The van der Waals surface area contributed by atoms with Crippen molar-refractivity contribution >= 4 is 0 Å². The van der Waals surface area contributed by atoms with Gasteiger partial charge in [0.05, 0.1) is 11.8 Å². The van der Waals surface area contributed by atoms with Crippen LogP contribution in [-0.2, 0) is 7.05 Å². The summed E-state index contributed by atoms with van der Waals surface area (Å²) in [6, 6.07) is 1.91. The van der Waals surface area contributed by atoms with Crippen LogP contribution in [0.3, 0.4) is 0 Å². The molecule has 0 saturated heterocycles. The molecule has 3 heteroatoms. The molecule has 3 nitrogen and oxygen atoms in total. The lowest BCUT2D eigenvalue weighted by atomic mass is 9.85. The third-order valence-corrected chi connectivity index (χ3v) is 3.77. The highest BCUT2D eigenvalue weighted by Gasteiger charge is 2.17. The third kappa shape index (κ3) is 2.85. The third-order valence-electron chi connectivity index (χ3n) is 3.77. The van der Waals surface area contributed by atoms with E-state index >= 15 is 0 Å². The van der Waals surface area contributed by atoms with Gasteiger partial charge in [-0.25, -0.2) is 0 Å². The SMILES string of the molecule is Cn1nccc1C(O)CCC1CCCCC1. The molecule has 2 rings (SSSR count). The summed E-state index contributed by atoms with van der Waals surface area (Å²) in [6.45, 7) is 0. The topological polar surface area (TPSA) is 38.0 Å². The van der Waals surface area contributed by atoms with Crippen molar-refractivity contribution in [3.63, 3.8) is 0 Å². The number of aromatic nitrogens is 2. The van der Waals surface area contributed by atoms with Gasteiger partial charge in [-0.2, -0.15) is 5.10 Å². The average molecular weight is 222 g/mol. The lowest BCUT2D eigenvalue weighted by molar-refractivity contribution is 0.143. The smallest absolute Gasteiger partial charge is 0.0956 e. The molecule has 1 fully saturated rings. The molecule has 1 aromatic rings. The summed E-state index contributed by atoms with van der Waals surface area (Å²) < 4.78 is 1.77. The summed E-state index contributed by atoms with van der Waals surface area (Å²) in [4.78, 5) is 0. The number of aryl methyl sites for hydroxylation is 1. The predicted molar refractivity (Wildman–Crippen MR) is 64.0 cm³/mol. The highest BCUT2D eigenvalue weighted by molar-refractivity contribution is 5.03. The van der Waals surface area contributed by atoms with Crippen molar-refractivity contribution in [1.82, 2.24) is 9.78 Å². The molecule has 0 bridgehead atoms. The molecule has 16 heavy (non-hydrogen) atoms. The van der Waals surface area contributed by atoms with Gasteiger partial charge in [-0.1, -0.05) is 32.1 Å². The van der Waals surface area contributed by atoms with Crippen LogP contribution in [0.15, 0.2) is 12.3 Å². The van der Waals surface area contributed by atoms with Crippen molar-refractivity contribution in [2.75, 3.05) is 0 Å². The fourth-order valence-corrected chi connectivity index (χ4v) is 2.73. The van der Waals surface area contributed by atoms with E-state index < -0.39 is 0 Å². The number of aliphatic hydroxyl groups is 1. The summed E-state index contributed by atoms with van der Waals surface area (Å²) in [7, 11) is 1.89. The van der Waals surface area contributed by atoms with Crippen LogP contribution in [0.2, 0.25) is 0 Å². The molecule has 1 aromatic heterocycles. The van der Waals surface area contributed by atoms with Crippen LogP contribution in [0, 0.1) is 5.92 Å². The maximum atomic E-state index is 10.1. The largest absolute Gasteiger partial charge is 0.387 e. The van der Waals surface area contributed by atoms with Gasteiger partial charge in [0, 0.05) is 13.2 Å². The minimum Gasteiger partial charge on any atom is -0.387 e. The minimum atomic E-state index is -0.338. The Bertz CT molecular complexity index is 315. The standard InChI is InChI=1S/C13H22N2O/c1-15-12(9-10-14-15)13(16)8-7-11-5-3-2-4-6-11/h9-11,13,16H,2-8H2,1H3. The minimum absolute atomic E-state index is 0.338. The Kier molecular flexibility index (Phi) is 3.99. The van der Waals surface area contributed by atoms with Crippen LogP contribution in [0.1, 0.15) is 56.7 Å². The van der Waals surface area contributed by atoms with E-state index in [4.69, 9.17) is 0 Å². The van der Waals surface area contributed by atoms with E-state index in [2.05, 4.69) is 5.10 Å². The molecule has 90 valence electrons. The Morgan fingerprint density at radius 1 is 1.44 bits per heavy atom. The zero-order chi connectivity index (χ0) is 11.4. The molecular weight excluding hydrogens is 200 g/mol. The first-order valence-corrected chi connectivity index (χ1v) is 6.43. The number of rotatable bonds is 4. The molecule has 0 spiro atoms. The van der Waals surface area contributed by atoms with Gasteiger partial charge < -0.3 is 5.11 Å². The fraction of sp³-hybridized carbons (Fsp3) is 0.769. The molecule has 1 atom stereocenters. The fourth-order valence-electron chi connectivity index (χ4n) is 2.73. The Morgan fingerprint density at radius 3 is 2.81 bits per heavy atom. The summed E-state index contributed by atoms with van der Waals surface area (Å²) in [5, 5.41) is 14.1. The van der Waals surface area contributed by atoms with Crippen LogP contribution in [0.25, 0.3) is 0 Å². The maximum Gasteiger partial charge on any atom is 0.0956 e. The second-order valence-corrected chi connectivity index (χ2v) is 4.98. The van der Waals surface area contributed by atoms with E-state index in [9.17, 15) is 5.11 Å². The average Bonchev–Trinajstić information content (AvgIpc) is 2.74. The van der Waals surface area contributed by atoms with E-state index in [-0.39, 0.29) is 6.10 Å². The van der Waals surface area contributed by atoms with E-state index in [0.29, 0.717) is 0 Å². The van der Waals surface area contributed by atoms with Crippen molar-refractivity contribution in [2.24, 2.45) is 13.0 Å². The van der Waals surface area contributed by atoms with E-state index in [1.54, 1.807) is 10.9 Å². The number of hydrogen-bond acceptors (Lipinski definition) is 2. The lowest BCUT2D eigenvalue weighted by Crippen LogP contribution is -2.10. The lowest BCUT2D eigenvalue weighted by Gasteiger charge is -2.22. The highest BCUT2D eigenvalue weighted by Crippen LogP contribution is 2.30. The van der Waals surface area contributed by atoms with E-state index in [0.717, 1.165) is 24.5 Å². The summed E-state index contributed by atoms with van der Waals surface area (Å²) in [5.74, 6) is 0.844. The van der Waals surface area contributed by atoms with Gasteiger partial charge in [0.1, 0.15) is 0 Å². The monoisotopic (exact) mass is 222 g/mol. The molecule has 0 aliphatic heterocycles. The Morgan fingerprint density at radius 2 is 2.19 bits per heavy atom. The number of aliphatic hydroxyl groups excluding tert-OH is 1. The first kappa shape index (κ1) is 11.6. The van der Waals surface area contributed by atoms with Crippen molar-refractivity contribution in [1.29, 1.82) is 0 Å². The van der Waals surface area contributed by atoms with Crippen LogP contribution in [0.4, 0.5) is 0 Å². The molecule has 0 aromatic carbocycles. The molecule has 0 amide bonds. The van der Waals surface area contributed by atoms with Crippen LogP contribution in [-0.4, -0.2) is 14.9 Å². The van der Waals surface area contributed by atoms with Gasteiger partial charge in [-0.15, -0.1) is 0 Å². The Balaban J connectivity index is 1.79. The highest BCUT2D eigenvalue weighted by atomic mass is 16.3. The van der Waals surface area contributed by atoms with Gasteiger partial charge in [-0.05, 0) is 24.8 Å². The van der Waals surface area contributed by atoms with Crippen molar-refractivity contribution in [3.05, 3.63) is 18.0 Å². The van der Waals surface area contributed by atoms with Gasteiger partial charge in [0.2, 0.25) is 0 Å². The summed E-state index contributed by atoms with van der Waals surface area (Å²) in [5.41, 5.74) is 0.941. The summed E-state index contributed by atoms with van der Waals surface area (Å²) >= 11 is 0. The van der Waals surface area contributed by atoms with Crippen LogP contribution >= 0.6 is 0 Å². The van der Waals surface area contributed by atoms with Gasteiger partial charge in [0.15, 0.2) is 0 Å². The molecule has 1 unspecified atom stereocenters. The molecule has 1 aliphatic carbocycles. The van der Waals surface area contributed by atoms with Crippen molar-refractivity contribution in [2.45, 2.75) is 51.0 Å². The molecule has 1 heterocycles. The maximum absolute atomic E-state index is 10.1. The van der Waals surface area contributed by atoms with Crippen LogP contribution < -0.4 is 0 Å². The van der Waals surface area contributed by atoms with Crippen LogP contribution in [0.5, 0.6) is 0 Å². The van der Waals surface area contributed by atoms with Gasteiger partial charge in [0.25, 0.3) is 0 Å². The number of nitrogens with zero attached hydrogens (tertiary/aromatic N) is 2. The molecule has 1 aliphatic rings. The zero-order valence-electron chi connectivity index (χ0n) is 10.1. The van der Waals surface area contributed by atoms with Gasteiger partial charge in [-0.3, -0.25) is 4.68 Å². The van der Waals surface area contributed by atoms with Gasteiger partial charge >= 0.3 is 0 Å². The quantitative estimate of drug-likeness (QED) is 0.850. The first-order chi connectivity index (χ1) is 7.77. The second-order valence-electron chi connectivity index (χ2n) is 4.98. The number of hydrogen-bond donors (Lipinski definition) is 1. The second kappa shape index (κ2) is 5.48. The summed E-state index contributed by atoms with van der Waals surface area (Å²) in [6.07, 6.45) is 10.3. The molecule has 0 radical (unpaired) electrons. The van der Waals surface area contributed by atoms with Crippen molar-refractivity contribution < 1.29 is 5.11 Å². The first-order valence-electron chi connectivity index (χ1n) is 6.43. The zero-order valence-corrected chi connectivity index (χ0v) is 10.1. The molecule has 1 N–H and O–H groups in total. The predicted octanol–water partition coefficient (Wildman–Crippen LogP) is 2.81. The normalized spacial score (nSPS) is 19.9. The Hall–Kier alpha value is -0.830. The van der Waals surface area contributed by atoms with E-state index in [1.807, 2.05) is 13.1 Å². The van der Waals surface area contributed by atoms with Crippen molar-refractivity contribution in [3.8, 4) is 0 Å². The molecule has 1 saturated carbocycles. The van der Waals surface area contributed by atoms with E-state index in [1.165, 1.54) is 32.1 Å².